The molecule has 0 amide bonds. The van der Waals surface area contributed by atoms with Gasteiger partial charge in [0, 0.05) is 35.0 Å². The number of halogens is 7. The van der Waals surface area contributed by atoms with Gasteiger partial charge < -0.3 is 20.0 Å². The molecule has 0 fully saturated rings. The molecule has 0 saturated heterocycles. The van der Waals surface area contributed by atoms with E-state index in [1.807, 2.05) is 77.0 Å². The van der Waals surface area contributed by atoms with Crippen molar-refractivity contribution in [1.29, 1.82) is 0 Å². The van der Waals surface area contributed by atoms with Crippen molar-refractivity contribution in [3.8, 4) is 0 Å². The third-order valence-electron chi connectivity index (χ3n) is 9.40. The number of nitrogens with zero attached hydrogens (tertiary/aromatic N) is 2. The highest BCUT2D eigenvalue weighted by molar-refractivity contribution is 6.31. The fourth-order valence-corrected chi connectivity index (χ4v) is 7.10. The van der Waals surface area contributed by atoms with E-state index in [0.717, 1.165) is 28.8 Å². The summed E-state index contributed by atoms with van der Waals surface area (Å²) in [5.41, 5.74) is 0.201. The van der Waals surface area contributed by atoms with Crippen LogP contribution in [-0.4, -0.2) is 61.3 Å². The molecule has 4 atom stereocenters. The zero-order chi connectivity index (χ0) is 40.6. The number of benzene rings is 4. The van der Waals surface area contributed by atoms with E-state index in [9.17, 15) is 27.8 Å². The molecule has 0 heterocycles. The van der Waals surface area contributed by atoms with Crippen molar-refractivity contribution in [3.63, 3.8) is 0 Å². The van der Waals surface area contributed by atoms with Crippen molar-refractivity contribution >= 4 is 47.0 Å². The van der Waals surface area contributed by atoms with E-state index < -0.39 is 28.8 Å². The Bertz CT molecular complexity index is 1900. The predicted molar refractivity (Wildman–Crippen MR) is 216 cm³/mol. The molecule has 0 aliphatic heterocycles. The molecule has 0 saturated carbocycles. The minimum absolute atomic E-state index is 0.00253. The van der Waals surface area contributed by atoms with E-state index >= 15 is 0 Å². The lowest BCUT2D eigenvalue weighted by molar-refractivity contribution is -0.137. The van der Waals surface area contributed by atoms with Crippen LogP contribution in [-0.2, 0) is 17.4 Å². The zero-order valence-electron chi connectivity index (χ0n) is 31.8. The molecule has 4 unspecified atom stereocenters. The van der Waals surface area contributed by atoms with E-state index in [2.05, 4.69) is 0 Å². The first-order chi connectivity index (χ1) is 25.1. The average Bonchev–Trinajstić information content (AvgIpc) is 3.10. The van der Waals surface area contributed by atoms with Gasteiger partial charge in [-0.3, -0.25) is 0 Å². The molecule has 4 aromatic rings. The summed E-state index contributed by atoms with van der Waals surface area (Å²) in [5.74, 6) is -1.01. The number of hydrogen-bond acceptors (Lipinski definition) is 4. The molecule has 2 N–H and O–H groups in total. The summed E-state index contributed by atoms with van der Waals surface area (Å²) in [5, 5.41) is 24.6. The number of rotatable bonds is 12. The second kappa shape index (κ2) is 19.1. The van der Waals surface area contributed by atoms with Gasteiger partial charge in [0.15, 0.2) is 0 Å². The molecule has 0 aromatic heterocycles. The Hall–Kier alpha value is -3.21. The van der Waals surface area contributed by atoms with Crippen LogP contribution in [0, 0.1) is 17.7 Å². The van der Waals surface area contributed by atoms with Crippen LogP contribution >= 0.6 is 34.8 Å². The molecular weight excluding hydrogens is 759 g/mol. The van der Waals surface area contributed by atoms with Gasteiger partial charge in [-0.2, -0.15) is 13.2 Å². The number of hydrogen-bond donors (Lipinski definition) is 2. The second-order valence-corrected chi connectivity index (χ2v) is 15.6. The summed E-state index contributed by atoms with van der Waals surface area (Å²) in [4.78, 5) is 3.91. The van der Waals surface area contributed by atoms with Crippen LogP contribution in [0.3, 0.4) is 0 Å². The highest BCUT2D eigenvalue weighted by Crippen LogP contribution is 2.41. The van der Waals surface area contributed by atoms with Crippen LogP contribution < -0.4 is 0 Å². The summed E-state index contributed by atoms with van der Waals surface area (Å²) in [6, 6.07) is 23.8. The monoisotopic (exact) mass is 806 g/mol. The number of aliphatic hydroxyl groups is 2. The smallest absolute Gasteiger partial charge is 0.380 e. The first-order valence-corrected chi connectivity index (χ1v) is 18.5. The number of alkyl halides is 3. The van der Waals surface area contributed by atoms with Gasteiger partial charge in [-0.25, -0.2) is 4.39 Å². The largest absolute Gasteiger partial charge is 0.416 e. The molecule has 54 heavy (non-hydrogen) atoms. The molecule has 4 rings (SSSR count). The third-order valence-corrected chi connectivity index (χ3v) is 10.2. The minimum atomic E-state index is -4.48. The normalized spacial score (nSPS) is 16.0. The van der Waals surface area contributed by atoms with Crippen LogP contribution in [0.15, 0.2) is 102 Å². The SMILES string of the molecule is CC(=Cc1ccc(Cl)cc1)C(O)(c1ccc(F)c(Cl)c1)C(C)CN(C)C.CC(=Cc1ccc(Cl)cc1)C(O)(c1cccc(C(F)(F)F)c1)C(C)CN(C)C. The van der Waals surface area contributed by atoms with Crippen LogP contribution in [0.25, 0.3) is 12.2 Å². The van der Waals surface area contributed by atoms with Crippen molar-refractivity contribution in [2.24, 2.45) is 11.8 Å². The first kappa shape index (κ1) is 45.2. The first-order valence-electron chi connectivity index (χ1n) is 17.3. The minimum Gasteiger partial charge on any atom is -0.380 e. The van der Waals surface area contributed by atoms with E-state index in [4.69, 9.17) is 34.8 Å². The van der Waals surface area contributed by atoms with Crippen LogP contribution in [0.4, 0.5) is 17.6 Å². The van der Waals surface area contributed by atoms with Crippen molar-refractivity contribution in [2.75, 3.05) is 41.3 Å². The molecule has 0 bridgehead atoms. The summed E-state index contributed by atoms with van der Waals surface area (Å²) in [6.45, 7) is 8.56. The maximum Gasteiger partial charge on any atom is 0.416 e. The molecular formula is C43H49Cl3F4N2O2. The predicted octanol–water partition coefficient (Wildman–Crippen LogP) is 11.5. The van der Waals surface area contributed by atoms with Gasteiger partial charge >= 0.3 is 6.18 Å². The van der Waals surface area contributed by atoms with Gasteiger partial charge in [-0.1, -0.05) is 103 Å². The highest BCUT2D eigenvalue weighted by atomic mass is 35.5. The standard InChI is InChI=1S/C22H25ClF3NO.C21H24Cl2FNO/c1-15(12-17-8-10-20(23)11-9-17)21(28,16(2)14-27(3)4)18-6-5-7-19(13-18)22(24,25)26;1-14(11-16-5-8-18(22)9-6-16)21(26,15(2)13-25(3)4)17-7-10-20(24)19(23)12-17/h5-13,16,28H,14H2,1-4H3;5-12,15,26H,13H2,1-4H3. The molecule has 4 nitrogen and oxygen atoms in total. The molecule has 0 aliphatic carbocycles. The summed E-state index contributed by atoms with van der Waals surface area (Å²) >= 11 is 17.8. The van der Waals surface area contributed by atoms with E-state index in [0.29, 0.717) is 34.3 Å². The Morgan fingerprint density at radius 2 is 1.02 bits per heavy atom. The van der Waals surface area contributed by atoms with Crippen molar-refractivity contribution < 1.29 is 27.8 Å². The lowest BCUT2D eigenvalue weighted by atomic mass is 9.76. The summed E-state index contributed by atoms with van der Waals surface area (Å²) in [7, 11) is 7.63. The fourth-order valence-electron chi connectivity index (χ4n) is 6.67. The van der Waals surface area contributed by atoms with E-state index in [-0.39, 0.29) is 22.4 Å². The Balaban J connectivity index is 0.000000291. The highest BCUT2D eigenvalue weighted by Gasteiger charge is 2.40. The molecule has 0 aliphatic rings. The fraction of sp³-hybridized carbons (Fsp3) is 0.349. The van der Waals surface area contributed by atoms with Gasteiger partial charge in [0.2, 0.25) is 0 Å². The van der Waals surface area contributed by atoms with E-state index in [1.165, 1.54) is 18.2 Å². The quantitative estimate of drug-likeness (QED) is 0.140. The van der Waals surface area contributed by atoms with Crippen molar-refractivity contribution in [2.45, 2.75) is 45.1 Å². The lowest BCUT2D eigenvalue weighted by Gasteiger charge is -2.37. The third kappa shape index (κ3) is 11.7. The Morgan fingerprint density at radius 3 is 1.39 bits per heavy atom. The summed E-state index contributed by atoms with van der Waals surface area (Å²) < 4.78 is 53.3. The molecule has 292 valence electrons. The van der Waals surface area contributed by atoms with Crippen molar-refractivity contribution in [1.82, 2.24) is 9.80 Å². The van der Waals surface area contributed by atoms with E-state index in [1.54, 1.807) is 61.5 Å². The van der Waals surface area contributed by atoms with Gasteiger partial charge in [0.05, 0.1) is 10.6 Å². The van der Waals surface area contributed by atoms with Crippen LogP contribution in [0.1, 0.15) is 55.5 Å². The molecule has 0 spiro atoms. The topological polar surface area (TPSA) is 46.9 Å². The Morgan fingerprint density at radius 1 is 0.630 bits per heavy atom. The lowest BCUT2D eigenvalue weighted by Crippen LogP contribution is -2.40. The van der Waals surface area contributed by atoms with Gasteiger partial charge in [0.1, 0.15) is 17.0 Å². The van der Waals surface area contributed by atoms with Gasteiger partial charge in [0.25, 0.3) is 0 Å². The van der Waals surface area contributed by atoms with Crippen LogP contribution in [0.2, 0.25) is 15.1 Å². The second-order valence-electron chi connectivity index (χ2n) is 14.3. The maximum atomic E-state index is 13.6. The Kier molecular flexibility index (Phi) is 16.0. The average molecular weight is 808 g/mol. The van der Waals surface area contributed by atoms with Crippen LogP contribution in [0.5, 0.6) is 0 Å². The van der Waals surface area contributed by atoms with Gasteiger partial charge in [-0.05, 0) is 124 Å². The van der Waals surface area contributed by atoms with Gasteiger partial charge in [-0.15, -0.1) is 0 Å². The molecule has 4 aromatic carbocycles. The van der Waals surface area contributed by atoms with Crippen molar-refractivity contribution in [3.05, 3.63) is 151 Å². The molecule has 0 radical (unpaired) electrons. The maximum absolute atomic E-state index is 13.6. The summed E-state index contributed by atoms with van der Waals surface area (Å²) in [6.07, 6.45) is -0.780. The Labute approximate surface area is 332 Å². The zero-order valence-corrected chi connectivity index (χ0v) is 34.1. The molecule has 11 heteroatoms.